The van der Waals surface area contributed by atoms with Crippen LogP contribution >= 0.6 is 0 Å². The van der Waals surface area contributed by atoms with E-state index in [0.717, 1.165) is 12.0 Å². The fourth-order valence-corrected chi connectivity index (χ4v) is 6.11. The van der Waals surface area contributed by atoms with Gasteiger partial charge in [0.25, 0.3) is 0 Å². The number of aliphatic carboxylic acids is 1. The highest BCUT2D eigenvalue weighted by atomic mass is 16.4. The molecule has 16 N–H and O–H groups in total. The number of hydrogen-bond acceptors (Lipinski definition) is 9. The van der Waals surface area contributed by atoms with Gasteiger partial charge in [-0.3, -0.25) is 50.0 Å². The number of rotatable bonds is 29. The first kappa shape index (κ1) is 51.7. The van der Waals surface area contributed by atoms with E-state index in [-0.39, 0.29) is 37.2 Å². The Morgan fingerprint density at radius 3 is 1.90 bits per heavy atom. The first-order valence-corrected chi connectivity index (χ1v) is 20.4. The number of benzene rings is 1. The van der Waals surface area contributed by atoms with E-state index in [4.69, 9.17) is 22.9 Å². The number of guanidine groups is 1. The lowest BCUT2D eigenvalue weighted by atomic mass is 9.99. The van der Waals surface area contributed by atoms with Crippen LogP contribution in [-0.2, 0) is 40.0 Å². The standard InChI is InChI=1S/C40H69N11O8/c1-7-8-16-29(34(42)54)49-35(55)25(6)47-37(57)30(17-18-32(52)53)50-38(58)31(21-26-13-10-9-11-14-26)46-22-27(20-23(2)3)48-39(59)33(24(4)5)51-36(56)28(41)15-12-19-45-40(43)44/h9-11,13-14,23-25,27-31,33,46H,7-8,12,15-22,41H2,1-6H3,(H2,42,54)(H,47,57)(H,48,59)(H,49,55)(H,50,58)(H,51,56)(H,52,53)(H4,43,44,45)/p+1/t25-,27-,28-,29-,30-,31-,33-/m0/s1. The maximum Gasteiger partial charge on any atom is 0.338 e. The van der Waals surface area contributed by atoms with Crippen LogP contribution in [0.25, 0.3) is 0 Å². The molecule has 7 atom stereocenters. The van der Waals surface area contributed by atoms with Gasteiger partial charge < -0.3 is 48.5 Å². The minimum absolute atomic E-state index is 0.0628. The van der Waals surface area contributed by atoms with Crippen molar-refractivity contribution in [1.29, 1.82) is 0 Å². The second kappa shape index (κ2) is 27.4. The molecule has 19 heteroatoms. The Labute approximate surface area is 347 Å². The first-order valence-electron chi connectivity index (χ1n) is 20.4. The summed E-state index contributed by atoms with van der Waals surface area (Å²) in [5.41, 5.74) is 23.2. The zero-order valence-corrected chi connectivity index (χ0v) is 35.5. The van der Waals surface area contributed by atoms with Gasteiger partial charge in [0.05, 0.1) is 18.6 Å². The summed E-state index contributed by atoms with van der Waals surface area (Å²) in [7, 11) is 0. The van der Waals surface area contributed by atoms with Crippen LogP contribution in [0.4, 0.5) is 0 Å². The van der Waals surface area contributed by atoms with Gasteiger partial charge in [-0.1, -0.05) is 77.8 Å². The van der Waals surface area contributed by atoms with Crippen LogP contribution in [0.3, 0.4) is 0 Å². The van der Waals surface area contributed by atoms with Crippen molar-refractivity contribution in [2.45, 2.75) is 142 Å². The highest BCUT2D eigenvalue weighted by molar-refractivity contribution is 5.94. The average molecular weight is 833 g/mol. The van der Waals surface area contributed by atoms with Crippen LogP contribution in [0.2, 0.25) is 0 Å². The molecule has 0 saturated heterocycles. The number of amides is 6. The van der Waals surface area contributed by atoms with Crippen molar-refractivity contribution in [1.82, 2.24) is 31.9 Å². The lowest BCUT2D eigenvalue weighted by Gasteiger charge is -2.29. The predicted molar refractivity (Wildman–Crippen MR) is 224 cm³/mol. The summed E-state index contributed by atoms with van der Waals surface area (Å²) in [6.07, 6.45) is 2.50. The number of carboxylic acid groups (broad SMARTS) is 1. The van der Waals surface area contributed by atoms with Gasteiger partial charge in [-0.2, -0.15) is 0 Å². The van der Waals surface area contributed by atoms with Crippen LogP contribution in [-0.4, -0.2) is 108 Å². The van der Waals surface area contributed by atoms with Crippen LogP contribution in [0.1, 0.15) is 98.5 Å². The molecule has 6 amide bonds. The Balaban J connectivity index is 3.23. The third-order valence-electron chi connectivity index (χ3n) is 9.45. The first-order chi connectivity index (χ1) is 27.7. The Kier molecular flexibility index (Phi) is 24.0. The minimum Gasteiger partial charge on any atom is -0.481 e. The molecule has 0 fully saturated rings. The summed E-state index contributed by atoms with van der Waals surface area (Å²) in [5.74, 6) is -5.04. The quantitative estimate of drug-likeness (QED) is 0.0224. The van der Waals surface area contributed by atoms with Crippen molar-refractivity contribution in [3.8, 4) is 0 Å². The number of nitrogens with two attached hydrogens (primary N) is 4. The van der Waals surface area contributed by atoms with E-state index in [1.165, 1.54) is 6.92 Å². The van der Waals surface area contributed by atoms with E-state index in [9.17, 15) is 38.7 Å². The van der Waals surface area contributed by atoms with E-state index < -0.39 is 90.1 Å². The Hall–Kier alpha value is -5.30. The van der Waals surface area contributed by atoms with Crippen molar-refractivity contribution in [3.05, 3.63) is 35.9 Å². The normalized spacial score (nSPS) is 14.7. The minimum atomic E-state index is -1.35. The molecule has 59 heavy (non-hydrogen) atoms. The van der Waals surface area contributed by atoms with Crippen molar-refractivity contribution in [2.24, 2.45) is 34.8 Å². The Bertz CT molecular complexity index is 1540. The number of carbonyl (C=O) groups is 7. The Morgan fingerprint density at radius 2 is 1.34 bits per heavy atom. The molecule has 19 nitrogen and oxygen atoms in total. The summed E-state index contributed by atoms with van der Waals surface area (Å²) >= 11 is 0. The smallest absolute Gasteiger partial charge is 0.338 e. The van der Waals surface area contributed by atoms with Crippen LogP contribution < -0.4 is 59.8 Å². The van der Waals surface area contributed by atoms with Gasteiger partial charge in [-0.25, -0.2) is 0 Å². The molecule has 0 unspecified atom stereocenters. The summed E-state index contributed by atoms with van der Waals surface area (Å²) in [6, 6.07) is 2.42. The van der Waals surface area contributed by atoms with Gasteiger partial charge in [-0.15, -0.1) is 0 Å². The number of carboxylic acids is 1. The predicted octanol–water partition coefficient (Wildman–Crippen LogP) is -2.66. The van der Waals surface area contributed by atoms with Crippen LogP contribution in [0, 0.1) is 11.8 Å². The van der Waals surface area contributed by atoms with E-state index in [1.807, 2.05) is 51.1 Å². The van der Waals surface area contributed by atoms with Crippen molar-refractivity contribution in [3.63, 3.8) is 0 Å². The number of nitrogens with one attached hydrogen (secondary N) is 7. The lowest BCUT2D eigenvalue weighted by molar-refractivity contribution is -0.459. The average Bonchev–Trinajstić information content (AvgIpc) is 3.16. The maximum atomic E-state index is 14.0. The van der Waals surface area contributed by atoms with E-state index in [0.29, 0.717) is 38.6 Å². The number of primary amides is 1. The molecule has 0 aliphatic carbocycles. The fourth-order valence-electron chi connectivity index (χ4n) is 6.11. The van der Waals surface area contributed by atoms with Crippen LogP contribution in [0.5, 0.6) is 0 Å². The van der Waals surface area contributed by atoms with Gasteiger partial charge in [0.2, 0.25) is 35.4 Å². The second-order valence-electron chi connectivity index (χ2n) is 15.7. The van der Waals surface area contributed by atoms with Gasteiger partial charge in [0.15, 0.2) is 0 Å². The molecule has 0 heterocycles. The summed E-state index contributed by atoms with van der Waals surface area (Å²) in [4.78, 5) is 93.3. The maximum absolute atomic E-state index is 14.0. The molecule has 0 aliphatic rings. The third-order valence-corrected chi connectivity index (χ3v) is 9.45. The molecule has 0 saturated carbocycles. The number of hydrogen-bond donors (Lipinski definition) is 12. The summed E-state index contributed by atoms with van der Waals surface area (Å²) in [6.45, 7) is 11.4. The highest BCUT2D eigenvalue weighted by Crippen LogP contribution is 2.11. The number of carbonyl (C=O) groups excluding carboxylic acids is 6. The van der Waals surface area contributed by atoms with Crippen molar-refractivity contribution < 1.29 is 43.7 Å². The van der Waals surface area contributed by atoms with Gasteiger partial charge in [0, 0.05) is 19.0 Å². The number of unbranched alkanes of at least 4 members (excludes halogenated alkanes) is 1. The van der Waals surface area contributed by atoms with Gasteiger partial charge in [0.1, 0.15) is 24.2 Å². The molecule has 0 spiro atoms. The van der Waals surface area contributed by atoms with Crippen LogP contribution in [0.15, 0.2) is 30.3 Å². The van der Waals surface area contributed by atoms with E-state index in [1.54, 1.807) is 13.8 Å². The molecule has 0 aromatic heterocycles. The van der Waals surface area contributed by atoms with E-state index >= 15 is 0 Å². The van der Waals surface area contributed by atoms with Gasteiger partial charge in [-0.05, 0) is 62.8 Å². The van der Waals surface area contributed by atoms with Gasteiger partial charge >= 0.3 is 11.9 Å². The molecular formula is C40H70N11O8+. The second-order valence-corrected chi connectivity index (χ2v) is 15.7. The third kappa shape index (κ3) is 21.3. The zero-order chi connectivity index (χ0) is 44.7. The highest BCUT2D eigenvalue weighted by Gasteiger charge is 2.32. The molecule has 0 bridgehead atoms. The SMILES string of the molecule is CCCC[C@H](NC(=O)[C@H](C)NC(=O)[C@H](CCC(=O)O)NC(=O)[C@H](Cc1ccccc1)NC[C@H](CC(C)C)NC(=O)[C@@H](NC(=O)[C@@H](N)CCC[NH+]=C(N)N)C(C)C)C(N)=O. The van der Waals surface area contributed by atoms with E-state index in [2.05, 4.69) is 36.9 Å². The lowest BCUT2D eigenvalue weighted by Crippen LogP contribution is -2.78. The molecule has 332 valence electrons. The molecule has 1 rings (SSSR count). The molecule has 0 aliphatic heterocycles. The summed E-state index contributed by atoms with van der Waals surface area (Å²) < 4.78 is 0. The largest absolute Gasteiger partial charge is 0.481 e. The van der Waals surface area contributed by atoms with Crippen molar-refractivity contribution >= 4 is 47.4 Å². The molecule has 1 aromatic carbocycles. The molecular weight excluding hydrogens is 763 g/mol. The zero-order valence-electron chi connectivity index (χ0n) is 35.5. The topological polar surface area (TPSA) is 330 Å². The molecule has 1 aromatic rings. The monoisotopic (exact) mass is 833 g/mol. The fraction of sp³-hybridized carbons (Fsp3) is 0.650. The molecule has 0 radical (unpaired) electrons. The summed E-state index contributed by atoms with van der Waals surface area (Å²) in [5, 5.41) is 26.2. The Morgan fingerprint density at radius 1 is 0.712 bits per heavy atom. The van der Waals surface area contributed by atoms with Crippen molar-refractivity contribution in [2.75, 3.05) is 13.1 Å².